The van der Waals surface area contributed by atoms with Crippen molar-refractivity contribution in [2.45, 2.75) is 19.4 Å². The van der Waals surface area contributed by atoms with Gasteiger partial charge in [0.2, 0.25) is 0 Å². The van der Waals surface area contributed by atoms with Gasteiger partial charge in [0.1, 0.15) is 35.5 Å². The van der Waals surface area contributed by atoms with Gasteiger partial charge in [-0.05, 0) is 61.0 Å². The lowest BCUT2D eigenvalue weighted by atomic mass is 10.1. The number of nitrogens with zero attached hydrogens (tertiary/aromatic N) is 5. The minimum Gasteiger partial charge on any atom is -0.488 e. The van der Waals surface area contributed by atoms with Crippen molar-refractivity contribution in [1.29, 1.82) is 0 Å². The lowest BCUT2D eigenvalue weighted by Gasteiger charge is -2.16. The van der Waals surface area contributed by atoms with Crippen molar-refractivity contribution < 1.29 is 19.4 Å². The molecule has 1 amide bonds. The number of amides is 1. The van der Waals surface area contributed by atoms with E-state index in [2.05, 4.69) is 20.3 Å². The summed E-state index contributed by atoms with van der Waals surface area (Å²) in [7, 11) is 1.96. The molecule has 0 radical (unpaired) electrons. The predicted octanol–water partition coefficient (Wildman–Crippen LogP) is 5.49. The molecular weight excluding hydrogens is 484 g/mol. The third-order valence-corrected chi connectivity index (χ3v) is 6.69. The fraction of sp³-hybridized carbons (Fsp3) is 0.214. The Bertz CT molecular complexity index is 1670. The molecule has 10 heteroatoms. The van der Waals surface area contributed by atoms with Gasteiger partial charge in [-0.3, -0.25) is 0 Å². The number of hydrogen-bond acceptors (Lipinski definition) is 7. The lowest BCUT2D eigenvalue weighted by Crippen LogP contribution is -2.29. The zero-order valence-corrected chi connectivity index (χ0v) is 21.0. The number of aryl methyl sites for hydroxylation is 2. The number of fused-ring (bicyclic) bond motifs is 2. The maximum atomic E-state index is 11.2. The summed E-state index contributed by atoms with van der Waals surface area (Å²) in [4.78, 5) is 25.8. The van der Waals surface area contributed by atoms with Gasteiger partial charge in [-0.15, -0.1) is 0 Å². The molecule has 38 heavy (non-hydrogen) atoms. The minimum atomic E-state index is -0.921. The molecule has 1 aliphatic rings. The molecule has 0 unspecified atom stereocenters. The highest BCUT2D eigenvalue weighted by atomic mass is 16.5. The molecule has 5 aromatic rings. The van der Waals surface area contributed by atoms with E-state index in [1.54, 1.807) is 6.33 Å². The molecule has 1 saturated heterocycles. The molecule has 1 fully saturated rings. The molecule has 192 valence electrons. The summed E-state index contributed by atoms with van der Waals surface area (Å²) in [5.74, 6) is 2.77. The number of rotatable bonds is 6. The van der Waals surface area contributed by atoms with Gasteiger partial charge < -0.3 is 29.4 Å². The zero-order chi connectivity index (χ0) is 26.2. The van der Waals surface area contributed by atoms with Crippen molar-refractivity contribution >= 4 is 39.5 Å². The molecule has 6 rings (SSSR count). The van der Waals surface area contributed by atoms with Gasteiger partial charge in [0.05, 0.1) is 29.4 Å². The van der Waals surface area contributed by atoms with E-state index >= 15 is 0 Å². The van der Waals surface area contributed by atoms with Crippen molar-refractivity contribution in [3.05, 3.63) is 72.8 Å². The molecule has 1 atom stereocenters. The number of anilines is 2. The number of carboxylic acid groups (broad SMARTS) is 1. The summed E-state index contributed by atoms with van der Waals surface area (Å²) in [6, 6.07) is 17.3. The van der Waals surface area contributed by atoms with Crippen LogP contribution in [0.4, 0.5) is 16.3 Å². The minimum absolute atomic E-state index is 0.182. The largest absolute Gasteiger partial charge is 0.488 e. The van der Waals surface area contributed by atoms with Crippen molar-refractivity contribution in [2.24, 2.45) is 7.05 Å². The SMILES string of the molecule is Cc1cc(Nc2ncnc3ccc(O[C@H]4CCN(C(=O)O)C4)cc23)ccc1Oc1ccc2c(c1)ncn2C. The van der Waals surface area contributed by atoms with Crippen LogP contribution in [0.15, 0.2) is 67.3 Å². The monoisotopic (exact) mass is 510 g/mol. The van der Waals surface area contributed by atoms with Crippen LogP contribution in [-0.2, 0) is 7.05 Å². The quantitative estimate of drug-likeness (QED) is 0.308. The maximum absolute atomic E-state index is 11.2. The smallest absolute Gasteiger partial charge is 0.407 e. The number of benzene rings is 3. The highest BCUT2D eigenvalue weighted by Gasteiger charge is 2.27. The molecule has 3 heterocycles. The van der Waals surface area contributed by atoms with E-state index in [1.807, 2.05) is 73.1 Å². The Morgan fingerprint density at radius 1 is 1.03 bits per heavy atom. The zero-order valence-electron chi connectivity index (χ0n) is 21.0. The summed E-state index contributed by atoms with van der Waals surface area (Å²) in [6.07, 6.45) is 2.86. The summed E-state index contributed by atoms with van der Waals surface area (Å²) in [5, 5.41) is 13.4. The Balaban J connectivity index is 1.20. The second-order valence-corrected chi connectivity index (χ2v) is 9.37. The number of nitrogens with one attached hydrogen (secondary N) is 1. The first-order valence-electron chi connectivity index (χ1n) is 12.3. The number of aromatic nitrogens is 4. The Labute approximate surface area is 218 Å². The first-order valence-corrected chi connectivity index (χ1v) is 12.3. The third kappa shape index (κ3) is 4.63. The number of carbonyl (C=O) groups is 1. The molecule has 3 aromatic carbocycles. The highest BCUT2D eigenvalue weighted by molar-refractivity contribution is 5.91. The molecule has 0 aliphatic carbocycles. The van der Waals surface area contributed by atoms with Crippen LogP contribution in [0.5, 0.6) is 17.2 Å². The van der Waals surface area contributed by atoms with Crippen LogP contribution in [0, 0.1) is 6.92 Å². The van der Waals surface area contributed by atoms with Crippen molar-refractivity contribution in [3.63, 3.8) is 0 Å². The van der Waals surface area contributed by atoms with E-state index in [1.165, 1.54) is 11.2 Å². The number of ether oxygens (including phenoxy) is 2. The second-order valence-electron chi connectivity index (χ2n) is 9.37. The highest BCUT2D eigenvalue weighted by Crippen LogP contribution is 2.32. The van der Waals surface area contributed by atoms with E-state index in [4.69, 9.17) is 9.47 Å². The van der Waals surface area contributed by atoms with Gasteiger partial charge in [0, 0.05) is 37.2 Å². The van der Waals surface area contributed by atoms with Crippen LogP contribution in [0.2, 0.25) is 0 Å². The van der Waals surface area contributed by atoms with Crippen LogP contribution in [0.25, 0.3) is 21.9 Å². The average Bonchev–Trinajstić information content (AvgIpc) is 3.53. The first-order chi connectivity index (χ1) is 18.4. The predicted molar refractivity (Wildman–Crippen MR) is 143 cm³/mol. The van der Waals surface area contributed by atoms with E-state index in [0.717, 1.165) is 44.7 Å². The molecule has 0 saturated carbocycles. The molecule has 2 aromatic heterocycles. The van der Waals surface area contributed by atoms with Crippen molar-refractivity contribution in [3.8, 4) is 17.2 Å². The summed E-state index contributed by atoms with van der Waals surface area (Å²) in [6.45, 7) is 2.82. The molecule has 1 aliphatic heterocycles. The summed E-state index contributed by atoms with van der Waals surface area (Å²) in [5.41, 5.74) is 4.52. The van der Waals surface area contributed by atoms with Gasteiger partial charge in [-0.2, -0.15) is 0 Å². The average molecular weight is 511 g/mol. The Morgan fingerprint density at radius 3 is 2.71 bits per heavy atom. The third-order valence-electron chi connectivity index (χ3n) is 6.69. The maximum Gasteiger partial charge on any atom is 0.407 e. The van der Waals surface area contributed by atoms with Crippen LogP contribution in [0.1, 0.15) is 12.0 Å². The summed E-state index contributed by atoms with van der Waals surface area (Å²) < 4.78 is 14.2. The molecule has 0 spiro atoms. The lowest BCUT2D eigenvalue weighted by molar-refractivity contribution is 0.145. The first kappa shape index (κ1) is 23.5. The number of hydrogen-bond donors (Lipinski definition) is 2. The van der Waals surface area contributed by atoms with Gasteiger partial charge in [0.25, 0.3) is 0 Å². The molecule has 10 nitrogen and oxygen atoms in total. The normalized spacial score (nSPS) is 15.2. The van der Waals surface area contributed by atoms with E-state index < -0.39 is 6.09 Å². The topological polar surface area (TPSA) is 115 Å². The van der Waals surface area contributed by atoms with Crippen molar-refractivity contribution in [2.75, 3.05) is 18.4 Å². The number of likely N-dealkylation sites (tertiary alicyclic amines) is 1. The van der Waals surface area contributed by atoms with Gasteiger partial charge in [-0.1, -0.05) is 0 Å². The Morgan fingerprint density at radius 2 is 1.89 bits per heavy atom. The van der Waals surface area contributed by atoms with Crippen LogP contribution in [-0.4, -0.2) is 54.8 Å². The fourth-order valence-corrected chi connectivity index (χ4v) is 4.68. The van der Waals surface area contributed by atoms with Crippen LogP contribution in [0.3, 0.4) is 0 Å². The van der Waals surface area contributed by atoms with E-state index in [0.29, 0.717) is 31.1 Å². The second kappa shape index (κ2) is 9.55. The van der Waals surface area contributed by atoms with Gasteiger partial charge in [0.15, 0.2) is 0 Å². The molecular formula is C28H26N6O4. The van der Waals surface area contributed by atoms with Crippen LogP contribution >= 0.6 is 0 Å². The standard InChI is InChI=1S/C28H26N6O4/c1-17-11-18(3-8-26(17)38-20-5-7-25-24(13-20)31-16-33(25)2)32-27-22-12-19(4-6-23(22)29-15-30-27)37-21-9-10-34(14-21)28(35)36/h3-8,11-13,15-16,21H,9-10,14H2,1-2H3,(H,35,36)(H,29,30,32)/t21-/m0/s1. The van der Waals surface area contributed by atoms with Crippen LogP contribution < -0.4 is 14.8 Å². The van der Waals surface area contributed by atoms with Gasteiger partial charge in [-0.25, -0.2) is 19.7 Å². The van der Waals surface area contributed by atoms with E-state index in [9.17, 15) is 9.90 Å². The number of imidazole rings is 1. The summed E-state index contributed by atoms with van der Waals surface area (Å²) >= 11 is 0. The molecule has 0 bridgehead atoms. The van der Waals surface area contributed by atoms with Gasteiger partial charge >= 0.3 is 6.09 Å². The molecule has 2 N–H and O–H groups in total. The Kier molecular flexibility index (Phi) is 5.91. The Hall–Kier alpha value is -4.86. The van der Waals surface area contributed by atoms with E-state index in [-0.39, 0.29) is 6.10 Å². The fourth-order valence-electron chi connectivity index (χ4n) is 4.68. The van der Waals surface area contributed by atoms with Crippen molar-refractivity contribution in [1.82, 2.24) is 24.4 Å².